The number of ether oxygens (including phenoxy) is 2. The molecule has 0 bridgehead atoms. The molecule has 4 rings (SSSR count). The van der Waals surface area contributed by atoms with Crippen molar-refractivity contribution in [3.05, 3.63) is 70.5 Å². The molecule has 10 heteroatoms. The van der Waals surface area contributed by atoms with E-state index in [4.69, 9.17) is 9.47 Å². The number of hydrogen-bond acceptors (Lipinski definition) is 4. The Labute approximate surface area is 199 Å². The lowest BCUT2D eigenvalue weighted by atomic mass is 10.1. The number of hydrogen-bond donors (Lipinski definition) is 2. The first-order valence-electron chi connectivity index (χ1n) is 10.9. The summed E-state index contributed by atoms with van der Waals surface area (Å²) in [5, 5.41) is 4.61. The fraction of sp³-hybridized carbons (Fsp3) is 0.280. The maximum Gasteiger partial charge on any atom is 0.405 e. The fourth-order valence-electron chi connectivity index (χ4n) is 3.93. The van der Waals surface area contributed by atoms with E-state index in [1.54, 1.807) is 19.1 Å². The van der Waals surface area contributed by atoms with Gasteiger partial charge in [-0.15, -0.1) is 0 Å². The molecule has 0 fully saturated rings. The molecule has 1 aliphatic heterocycles. The Morgan fingerprint density at radius 1 is 0.943 bits per heavy atom. The topological polar surface area (TPSA) is 81.6 Å². The van der Waals surface area contributed by atoms with Gasteiger partial charge in [-0.2, -0.15) is 13.2 Å². The van der Waals surface area contributed by atoms with E-state index in [2.05, 4.69) is 5.32 Å². The van der Waals surface area contributed by atoms with Crippen LogP contribution in [0.2, 0.25) is 0 Å². The molecule has 7 nitrogen and oxygen atoms in total. The first kappa shape index (κ1) is 24.2. The Bertz CT molecular complexity index is 1300. The number of fused-ring (bicyclic) bond motifs is 1. The van der Waals surface area contributed by atoms with Crippen molar-refractivity contribution in [1.29, 1.82) is 0 Å². The number of halogens is 3. The van der Waals surface area contributed by atoms with E-state index in [-0.39, 0.29) is 5.56 Å². The zero-order valence-corrected chi connectivity index (χ0v) is 19.4. The lowest BCUT2D eigenvalue weighted by molar-refractivity contribution is -0.123. The molecule has 0 saturated carbocycles. The number of benzene rings is 2. The molecule has 0 atom stereocenters. The smallest absolute Gasteiger partial charge is 0.405 e. The minimum atomic E-state index is -4.52. The van der Waals surface area contributed by atoms with Crippen LogP contribution in [0.1, 0.15) is 37.7 Å². The molecule has 1 aromatic heterocycles. The zero-order valence-electron chi connectivity index (χ0n) is 19.4. The largest absolute Gasteiger partial charge is 0.486 e. The van der Waals surface area contributed by atoms with Gasteiger partial charge in [-0.25, -0.2) is 0 Å². The van der Waals surface area contributed by atoms with E-state index in [1.807, 2.05) is 41.9 Å². The van der Waals surface area contributed by atoms with Crippen molar-refractivity contribution in [1.82, 2.24) is 9.88 Å². The van der Waals surface area contributed by atoms with E-state index in [9.17, 15) is 22.8 Å². The Kier molecular flexibility index (Phi) is 6.47. The quantitative estimate of drug-likeness (QED) is 0.546. The standard InChI is InChI=1S/C25H24F3N3O4/c1-14-4-5-17(23(32)29-13-25(26,27)28)11-20(14)30-24(33)19-10-15(2)31(16(19)3)18-6-7-21-22(12-18)35-9-8-34-21/h4-7,10-12H,8-9,13H2,1-3H3,(H,29,32)(H,30,33). The summed E-state index contributed by atoms with van der Waals surface area (Å²) in [6.45, 7) is 4.92. The van der Waals surface area contributed by atoms with Crippen LogP contribution >= 0.6 is 0 Å². The van der Waals surface area contributed by atoms with Gasteiger partial charge in [0, 0.05) is 34.4 Å². The highest BCUT2D eigenvalue weighted by molar-refractivity contribution is 6.06. The van der Waals surface area contributed by atoms with Crippen LogP contribution in [0.15, 0.2) is 42.5 Å². The summed E-state index contributed by atoms with van der Waals surface area (Å²) in [6, 6.07) is 11.6. The van der Waals surface area contributed by atoms with Gasteiger partial charge < -0.3 is 24.7 Å². The molecule has 2 aromatic carbocycles. The van der Waals surface area contributed by atoms with Crippen LogP contribution in [0.4, 0.5) is 18.9 Å². The van der Waals surface area contributed by atoms with Crippen LogP contribution in [-0.2, 0) is 0 Å². The van der Waals surface area contributed by atoms with Crippen LogP contribution in [-0.4, -0.2) is 42.3 Å². The summed E-state index contributed by atoms with van der Waals surface area (Å²) in [7, 11) is 0. The Hall–Kier alpha value is -3.95. The van der Waals surface area contributed by atoms with Gasteiger partial charge in [-0.05, 0) is 56.7 Å². The molecule has 35 heavy (non-hydrogen) atoms. The van der Waals surface area contributed by atoms with Crippen molar-refractivity contribution < 1.29 is 32.2 Å². The fourth-order valence-corrected chi connectivity index (χ4v) is 3.93. The molecular weight excluding hydrogens is 463 g/mol. The monoisotopic (exact) mass is 487 g/mol. The highest BCUT2D eigenvalue weighted by atomic mass is 19.4. The number of aryl methyl sites for hydroxylation is 2. The second kappa shape index (κ2) is 9.36. The Balaban J connectivity index is 1.57. The van der Waals surface area contributed by atoms with Gasteiger partial charge in [0.1, 0.15) is 19.8 Å². The van der Waals surface area contributed by atoms with Crippen molar-refractivity contribution in [2.75, 3.05) is 25.1 Å². The average Bonchev–Trinajstić information content (AvgIpc) is 3.12. The van der Waals surface area contributed by atoms with Gasteiger partial charge in [0.25, 0.3) is 11.8 Å². The zero-order chi connectivity index (χ0) is 25.3. The van der Waals surface area contributed by atoms with E-state index >= 15 is 0 Å². The minimum absolute atomic E-state index is 0.0110. The predicted molar refractivity (Wildman–Crippen MR) is 124 cm³/mol. The molecule has 184 valence electrons. The summed E-state index contributed by atoms with van der Waals surface area (Å²) < 4.78 is 50.4. The summed E-state index contributed by atoms with van der Waals surface area (Å²) in [5.41, 5.74) is 3.74. The van der Waals surface area contributed by atoms with Crippen molar-refractivity contribution in [2.24, 2.45) is 0 Å². The van der Waals surface area contributed by atoms with Crippen molar-refractivity contribution in [2.45, 2.75) is 26.9 Å². The van der Waals surface area contributed by atoms with Gasteiger partial charge >= 0.3 is 6.18 Å². The first-order valence-corrected chi connectivity index (χ1v) is 10.9. The van der Waals surface area contributed by atoms with E-state index in [0.717, 1.165) is 11.4 Å². The van der Waals surface area contributed by atoms with E-state index < -0.39 is 24.5 Å². The molecule has 3 aromatic rings. The molecule has 0 unspecified atom stereocenters. The number of aromatic nitrogens is 1. The molecule has 1 aliphatic rings. The number of carbonyl (C=O) groups is 2. The number of rotatable bonds is 5. The molecule has 0 saturated heterocycles. The number of nitrogens with zero attached hydrogens (tertiary/aromatic N) is 1. The lowest BCUT2D eigenvalue weighted by Crippen LogP contribution is -2.33. The van der Waals surface area contributed by atoms with Crippen LogP contribution in [0.3, 0.4) is 0 Å². The predicted octanol–water partition coefficient (Wildman–Crippen LogP) is 4.72. The lowest BCUT2D eigenvalue weighted by Gasteiger charge is -2.20. The van der Waals surface area contributed by atoms with Gasteiger partial charge in [0.05, 0.1) is 5.56 Å². The molecule has 2 amide bonds. The molecule has 0 aliphatic carbocycles. The van der Waals surface area contributed by atoms with E-state index in [1.165, 1.54) is 12.1 Å². The molecule has 2 heterocycles. The van der Waals surface area contributed by atoms with Crippen LogP contribution in [0.25, 0.3) is 5.69 Å². The summed E-state index contributed by atoms with van der Waals surface area (Å²) in [5.74, 6) is 0.00556. The second-order valence-corrected chi connectivity index (χ2v) is 8.23. The molecule has 0 spiro atoms. The van der Waals surface area contributed by atoms with Gasteiger partial charge in [-0.3, -0.25) is 9.59 Å². The second-order valence-electron chi connectivity index (χ2n) is 8.23. The van der Waals surface area contributed by atoms with Crippen LogP contribution in [0.5, 0.6) is 11.5 Å². The van der Waals surface area contributed by atoms with Crippen molar-refractivity contribution >= 4 is 17.5 Å². The maximum absolute atomic E-state index is 13.1. The summed E-state index contributed by atoms with van der Waals surface area (Å²) in [6.07, 6.45) is -4.52. The minimum Gasteiger partial charge on any atom is -0.486 e. The van der Waals surface area contributed by atoms with Crippen LogP contribution < -0.4 is 20.1 Å². The van der Waals surface area contributed by atoms with Crippen LogP contribution in [0, 0.1) is 20.8 Å². The SMILES string of the molecule is Cc1ccc(C(=O)NCC(F)(F)F)cc1NC(=O)c1cc(C)n(-c2ccc3c(c2)OCCO3)c1C. The van der Waals surface area contributed by atoms with Gasteiger partial charge in [0.15, 0.2) is 11.5 Å². The highest BCUT2D eigenvalue weighted by Gasteiger charge is 2.28. The van der Waals surface area contributed by atoms with Crippen molar-refractivity contribution in [3.8, 4) is 17.2 Å². The number of carbonyl (C=O) groups excluding carboxylic acids is 2. The normalized spacial score (nSPS) is 12.9. The molecule has 0 radical (unpaired) electrons. The maximum atomic E-state index is 13.1. The third-order valence-corrected chi connectivity index (χ3v) is 5.66. The van der Waals surface area contributed by atoms with Gasteiger partial charge in [-0.1, -0.05) is 6.07 Å². The number of nitrogens with one attached hydrogen (secondary N) is 2. The summed E-state index contributed by atoms with van der Waals surface area (Å²) >= 11 is 0. The van der Waals surface area contributed by atoms with E-state index in [0.29, 0.717) is 47.2 Å². The molecular formula is C25H24F3N3O4. The first-order chi connectivity index (χ1) is 16.5. The third kappa shape index (κ3) is 5.26. The highest BCUT2D eigenvalue weighted by Crippen LogP contribution is 2.33. The van der Waals surface area contributed by atoms with Gasteiger partial charge in [0.2, 0.25) is 0 Å². The summed E-state index contributed by atoms with van der Waals surface area (Å²) in [4.78, 5) is 25.3. The number of anilines is 1. The third-order valence-electron chi connectivity index (χ3n) is 5.66. The Morgan fingerprint density at radius 3 is 2.37 bits per heavy atom. The Morgan fingerprint density at radius 2 is 1.66 bits per heavy atom. The van der Waals surface area contributed by atoms with Crippen molar-refractivity contribution in [3.63, 3.8) is 0 Å². The number of alkyl halides is 3. The molecule has 2 N–H and O–H groups in total. The average molecular weight is 487 g/mol. The number of amides is 2.